The summed E-state index contributed by atoms with van der Waals surface area (Å²) in [6, 6.07) is 1.33. The molecule has 0 aromatic carbocycles. The molecule has 0 saturated heterocycles. The Hall–Kier alpha value is -4.49. The molecule has 6 N–H and O–H groups in total. The van der Waals surface area contributed by atoms with E-state index in [1.165, 1.54) is 12.2 Å². The largest absolute Gasteiger partial charge is 0.492 e. The number of nitrogens with one attached hydrogen (secondary N) is 3. The molecule has 5 amide bonds. The van der Waals surface area contributed by atoms with E-state index >= 15 is 0 Å². The predicted molar refractivity (Wildman–Crippen MR) is 173 cm³/mol. The maximum absolute atomic E-state index is 13.1. The number of aromatic nitrogens is 1. The fourth-order valence-electron chi connectivity index (χ4n) is 4.80. The minimum absolute atomic E-state index is 0.0552. The van der Waals surface area contributed by atoms with E-state index in [0.29, 0.717) is 48.1 Å². The summed E-state index contributed by atoms with van der Waals surface area (Å²) in [6.07, 6.45) is 3.90. The summed E-state index contributed by atoms with van der Waals surface area (Å²) in [6.45, 7) is 1.52. The number of hydrogen-bond donors (Lipinski definition) is 6. The van der Waals surface area contributed by atoms with Gasteiger partial charge in [-0.25, -0.2) is 4.79 Å². The zero-order chi connectivity index (χ0) is 36.6. The van der Waals surface area contributed by atoms with E-state index in [0.717, 1.165) is 17.0 Å². The monoisotopic (exact) mass is 715 g/mol. The van der Waals surface area contributed by atoms with Crippen molar-refractivity contribution in [3.63, 3.8) is 0 Å². The van der Waals surface area contributed by atoms with Gasteiger partial charge in [0.05, 0.1) is 39.5 Å². The maximum atomic E-state index is 13.1. The first-order valence-electron chi connectivity index (χ1n) is 15.9. The van der Waals surface area contributed by atoms with Crippen molar-refractivity contribution in [3.8, 4) is 11.8 Å². The topological polar surface area (TPSA) is 251 Å². The molecule has 18 nitrogen and oxygen atoms in total. The Bertz CT molecular complexity index is 1440. The number of aromatic hydroxyl groups is 2. The Kier molecular flexibility index (Phi) is 16.2. The predicted octanol–water partition coefficient (Wildman–Crippen LogP) is -1.03. The van der Waals surface area contributed by atoms with Crippen LogP contribution in [-0.4, -0.2) is 131 Å². The van der Waals surface area contributed by atoms with E-state index in [4.69, 9.17) is 9.39 Å². The van der Waals surface area contributed by atoms with Crippen LogP contribution in [0.5, 0.6) is 11.8 Å². The van der Waals surface area contributed by atoms with E-state index < -0.39 is 57.5 Å². The fraction of sp³-hybridized carbons (Fsp3) is 0.600. The summed E-state index contributed by atoms with van der Waals surface area (Å²) in [4.78, 5) is 79.1. The van der Waals surface area contributed by atoms with Crippen molar-refractivity contribution in [2.24, 2.45) is 0 Å². The van der Waals surface area contributed by atoms with Crippen LogP contribution in [0, 0.1) is 0 Å². The molecule has 2 rings (SSSR count). The summed E-state index contributed by atoms with van der Waals surface area (Å²) in [5.41, 5.74) is 0. The van der Waals surface area contributed by atoms with Crippen LogP contribution in [0.1, 0.15) is 57.8 Å². The van der Waals surface area contributed by atoms with Gasteiger partial charge in [-0.3, -0.25) is 33.4 Å². The zero-order valence-electron chi connectivity index (χ0n) is 27.8. The molecule has 0 aliphatic carbocycles. The van der Waals surface area contributed by atoms with Crippen molar-refractivity contribution in [2.45, 2.75) is 63.8 Å². The van der Waals surface area contributed by atoms with Gasteiger partial charge in [0.25, 0.3) is 21.9 Å². The Labute approximate surface area is 284 Å². The van der Waals surface area contributed by atoms with Crippen LogP contribution in [-0.2, 0) is 38.9 Å². The van der Waals surface area contributed by atoms with Gasteiger partial charge in [-0.1, -0.05) is 0 Å². The molecule has 1 aliphatic rings. The smallest absolute Gasteiger partial charge is 0.333 e. The van der Waals surface area contributed by atoms with Crippen LogP contribution < -0.4 is 20.8 Å². The third kappa shape index (κ3) is 16.0. The van der Waals surface area contributed by atoms with Gasteiger partial charge < -0.3 is 35.5 Å². The molecule has 0 spiro atoms. The second-order valence-electron chi connectivity index (χ2n) is 12.2. The SMILES string of the molecule is C[N+](C)(CCCS(=O)(=O)O)CCNC(=O)C(CCCCNC(=O)CCCN1C(=O)C=CC1=O)NC(=O)CCCC(=O)On1c(O)ccc1O. The van der Waals surface area contributed by atoms with E-state index in [1.807, 2.05) is 14.1 Å². The van der Waals surface area contributed by atoms with Crippen molar-refractivity contribution in [1.29, 1.82) is 0 Å². The summed E-state index contributed by atoms with van der Waals surface area (Å²) in [5.74, 6) is -4.17. The van der Waals surface area contributed by atoms with Crippen molar-refractivity contribution < 1.29 is 61.3 Å². The highest BCUT2D eigenvalue weighted by molar-refractivity contribution is 7.85. The first kappa shape index (κ1) is 40.7. The number of rotatable bonds is 23. The van der Waals surface area contributed by atoms with Crippen LogP contribution in [0.2, 0.25) is 0 Å². The van der Waals surface area contributed by atoms with Gasteiger partial charge in [0.15, 0.2) is 0 Å². The van der Waals surface area contributed by atoms with Gasteiger partial charge in [0.1, 0.15) is 6.04 Å². The zero-order valence-corrected chi connectivity index (χ0v) is 28.6. The van der Waals surface area contributed by atoms with E-state index in [9.17, 15) is 47.4 Å². The molecule has 0 radical (unpaired) electrons. The molecule has 1 aliphatic heterocycles. The minimum atomic E-state index is -4.08. The number of imide groups is 1. The normalized spacial score (nSPS) is 13.7. The molecule has 19 heteroatoms. The molecule has 0 bridgehead atoms. The third-order valence-corrected chi connectivity index (χ3v) is 8.34. The maximum Gasteiger partial charge on any atom is 0.333 e. The number of carbonyl (C=O) groups excluding carboxylic acids is 6. The molecule has 1 aromatic rings. The lowest BCUT2D eigenvalue weighted by molar-refractivity contribution is -0.889. The molecular weight excluding hydrogens is 668 g/mol. The number of carbonyl (C=O) groups is 6. The molecular formula is C30H47N6O12S+. The van der Waals surface area contributed by atoms with Crippen molar-refractivity contribution >= 4 is 45.6 Å². The summed E-state index contributed by atoms with van der Waals surface area (Å²) in [7, 11) is -0.388. The Morgan fingerprint density at radius 2 is 1.47 bits per heavy atom. The van der Waals surface area contributed by atoms with Crippen LogP contribution in [0.3, 0.4) is 0 Å². The Morgan fingerprint density at radius 1 is 0.837 bits per heavy atom. The minimum Gasteiger partial charge on any atom is -0.492 e. The fourth-order valence-corrected chi connectivity index (χ4v) is 5.30. The van der Waals surface area contributed by atoms with E-state index in [-0.39, 0.29) is 63.3 Å². The quantitative estimate of drug-likeness (QED) is 0.0345. The lowest BCUT2D eigenvalue weighted by atomic mass is 10.1. The highest BCUT2D eigenvalue weighted by Crippen LogP contribution is 2.19. The number of unbranched alkanes of at least 4 members (excludes halogenated alkanes) is 1. The van der Waals surface area contributed by atoms with Gasteiger partial charge in [0, 0.05) is 63.1 Å². The van der Waals surface area contributed by atoms with Gasteiger partial charge in [-0.15, -0.1) is 4.73 Å². The highest BCUT2D eigenvalue weighted by atomic mass is 32.2. The number of likely N-dealkylation sites (N-methyl/N-ethyl adjacent to an activating group) is 1. The summed E-state index contributed by atoms with van der Waals surface area (Å²) >= 11 is 0. The molecule has 0 saturated carbocycles. The van der Waals surface area contributed by atoms with Gasteiger partial charge in [-0.2, -0.15) is 8.42 Å². The number of nitrogens with zero attached hydrogens (tertiary/aromatic N) is 3. The lowest BCUT2D eigenvalue weighted by Crippen LogP contribution is -2.51. The first-order chi connectivity index (χ1) is 23.0. The average molecular weight is 716 g/mol. The van der Waals surface area contributed by atoms with Gasteiger partial charge >= 0.3 is 5.97 Å². The second-order valence-corrected chi connectivity index (χ2v) is 13.8. The molecule has 274 valence electrons. The summed E-state index contributed by atoms with van der Waals surface area (Å²) < 4.78 is 31.9. The van der Waals surface area contributed by atoms with Gasteiger partial charge in [-0.05, 0) is 32.1 Å². The molecule has 2 heterocycles. The molecule has 49 heavy (non-hydrogen) atoms. The molecule has 1 aromatic heterocycles. The lowest BCUT2D eigenvalue weighted by Gasteiger charge is -2.30. The Morgan fingerprint density at radius 3 is 2.10 bits per heavy atom. The first-order valence-corrected chi connectivity index (χ1v) is 17.5. The second kappa shape index (κ2) is 19.5. The number of hydrogen-bond acceptors (Lipinski definition) is 11. The van der Waals surface area contributed by atoms with Gasteiger partial charge in [0.2, 0.25) is 29.5 Å². The third-order valence-electron chi connectivity index (χ3n) is 7.54. The number of quaternary nitrogens is 1. The molecule has 1 unspecified atom stereocenters. The van der Waals surface area contributed by atoms with Crippen LogP contribution >= 0.6 is 0 Å². The van der Waals surface area contributed by atoms with E-state index in [1.54, 1.807) is 0 Å². The Balaban J connectivity index is 1.81. The average Bonchev–Trinajstić information content (AvgIpc) is 3.49. The van der Waals surface area contributed by atoms with Crippen LogP contribution in [0.25, 0.3) is 0 Å². The molecule has 1 atom stereocenters. The van der Waals surface area contributed by atoms with Crippen LogP contribution in [0.4, 0.5) is 0 Å². The number of amides is 5. The van der Waals surface area contributed by atoms with Crippen molar-refractivity contribution in [2.75, 3.05) is 52.6 Å². The van der Waals surface area contributed by atoms with Crippen molar-refractivity contribution in [1.82, 2.24) is 25.6 Å². The molecule has 0 fully saturated rings. The standard InChI is InChI=1S/C30H46N6O12S/c1-36(2,19-7-21-49(45,46)47)20-17-32-30(44)22(33-24(38)9-5-11-29(43)48-35-27(41)14-15-28(35)42)8-3-4-16-31-23(37)10-6-18-34-25(39)12-13-26(34)40/h12-15,22H,3-11,16-21H2,1-2H3,(H5-,31,32,33,37,38,39,40,41,42,44,45,46,47)/p+1. The highest BCUT2D eigenvalue weighted by Gasteiger charge is 2.24. The van der Waals surface area contributed by atoms with Crippen molar-refractivity contribution in [3.05, 3.63) is 24.3 Å². The van der Waals surface area contributed by atoms with Crippen LogP contribution in [0.15, 0.2) is 24.3 Å². The van der Waals surface area contributed by atoms with E-state index in [2.05, 4.69) is 16.0 Å². The summed E-state index contributed by atoms with van der Waals surface area (Å²) in [5, 5.41) is 27.4.